The highest BCUT2D eigenvalue weighted by molar-refractivity contribution is 6.04. The first-order valence-corrected chi connectivity index (χ1v) is 8.60. The summed E-state index contributed by atoms with van der Waals surface area (Å²) in [6.45, 7) is 1.56. The van der Waals surface area contributed by atoms with Crippen molar-refractivity contribution < 1.29 is 14.6 Å². The molecule has 0 unspecified atom stereocenters. The summed E-state index contributed by atoms with van der Waals surface area (Å²) in [4.78, 5) is 15.1. The van der Waals surface area contributed by atoms with Crippen LogP contribution in [0.2, 0.25) is 0 Å². The number of pyridine rings is 1. The first-order valence-electron chi connectivity index (χ1n) is 8.60. The van der Waals surface area contributed by atoms with Crippen molar-refractivity contribution in [3.05, 3.63) is 59.9 Å². The van der Waals surface area contributed by atoms with Crippen LogP contribution in [0.25, 0.3) is 0 Å². The van der Waals surface area contributed by atoms with Crippen LogP contribution in [0.4, 0.5) is 0 Å². The van der Waals surface area contributed by atoms with E-state index in [1.165, 1.54) is 0 Å². The number of aliphatic hydroxyl groups is 1. The van der Waals surface area contributed by atoms with Gasteiger partial charge in [-0.15, -0.1) is 0 Å². The van der Waals surface area contributed by atoms with Crippen molar-refractivity contribution in [2.45, 2.75) is 18.9 Å². The van der Waals surface area contributed by atoms with Gasteiger partial charge >= 0.3 is 0 Å². The lowest BCUT2D eigenvalue weighted by molar-refractivity contribution is -0.121. The number of hydrazone groups is 1. The van der Waals surface area contributed by atoms with E-state index in [2.05, 4.69) is 20.8 Å². The zero-order chi connectivity index (χ0) is 18.2. The van der Waals surface area contributed by atoms with Crippen LogP contribution in [0.3, 0.4) is 0 Å². The summed E-state index contributed by atoms with van der Waals surface area (Å²) in [5.41, 5.74) is 5.15. The third-order valence-electron chi connectivity index (χ3n) is 4.05. The quantitative estimate of drug-likeness (QED) is 0.623. The molecule has 0 spiro atoms. The molecular weight excluding hydrogens is 332 g/mol. The van der Waals surface area contributed by atoms with Crippen molar-refractivity contribution in [2.75, 3.05) is 19.7 Å². The molecule has 1 atom stereocenters. The van der Waals surface area contributed by atoms with Gasteiger partial charge in [0.1, 0.15) is 12.4 Å². The Bertz CT molecular complexity index is 747. The summed E-state index contributed by atoms with van der Waals surface area (Å²) >= 11 is 0. The van der Waals surface area contributed by atoms with Crippen LogP contribution < -0.4 is 15.5 Å². The summed E-state index contributed by atoms with van der Waals surface area (Å²) < 4.78 is 5.69. The van der Waals surface area contributed by atoms with Gasteiger partial charge in [0.2, 0.25) is 5.91 Å². The maximum absolute atomic E-state index is 11.1. The van der Waals surface area contributed by atoms with Crippen LogP contribution in [-0.2, 0) is 4.79 Å². The molecule has 0 aliphatic carbocycles. The Balaban J connectivity index is 1.38. The second kappa shape index (κ2) is 9.07. The molecule has 0 bridgehead atoms. The van der Waals surface area contributed by atoms with Gasteiger partial charge in [-0.05, 0) is 35.9 Å². The van der Waals surface area contributed by atoms with Gasteiger partial charge in [-0.2, -0.15) is 5.10 Å². The second-order valence-corrected chi connectivity index (χ2v) is 5.97. The average molecular weight is 354 g/mol. The Kier molecular flexibility index (Phi) is 6.29. The fourth-order valence-corrected chi connectivity index (χ4v) is 2.60. The molecule has 7 heteroatoms. The number of carbonyl (C=O) groups excluding carboxylic acids is 1. The molecule has 0 saturated carbocycles. The third kappa shape index (κ3) is 5.11. The van der Waals surface area contributed by atoms with Gasteiger partial charge in [-0.25, -0.2) is 5.43 Å². The number of aliphatic hydroxyl groups excluding tert-OH is 1. The van der Waals surface area contributed by atoms with E-state index in [9.17, 15) is 9.90 Å². The van der Waals surface area contributed by atoms with Crippen LogP contribution in [0.5, 0.6) is 5.75 Å². The smallest absolute Gasteiger partial charge is 0.240 e. The minimum absolute atomic E-state index is 0.0464. The Hall–Kier alpha value is -2.77. The van der Waals surface area contributed by atoms with Gasteiger partial charge in [0.25, 0.3) is 0 Å². The molecule has 2 heterocycles. The Morgan fingerprint density at radius 1 is 1.23 bits per heavy atom. The summed E-state index contributed by atoms with van der Waals surface area (Å²) in [6, 6.07) is 11.3. The number of aromatic nitrogens is 1. The molecule has 1 aromatic heterocycles. The molecule has 2 aromatic rings. The first-order chi connectivity index (χ1) is 12.7. The van der Waals surface area contributed by atoms with Gasteiger partial charge in [0, 0.05) is 43.9 Å². The summed E-state index contributed by atoms with van der Waals surface area (Å²) in [5.74, 6) is 0.721. The summed E-state index contributed by atoms with van der Waals surface area (Å²) in [7, 11) is 0. The monoisotopic (exact) mass is 354 g/mol. The van der Waals surface area contributed by atoms with Gasteiger partial charge in [-0.1, -0.05) is 6.07 Å². The number of benzene rings is 1. The number of nitrogens with zero attached hydrogens (tertiary/aromatic N) is 2. The highest BCUT2D eigenvalue weighted by Crippen LogP contribution is 2.16. The van der Waals surface area contributed by atoms with E-state index in [4.69, 9.17) is 4.74 Å². The van der Waals surface area contributed by atoms with Crippen LogP contribution in [-0.4, -0.2) is 41.4 Å². The lowest BCUT2D eigenvalue weighted by Gasteiger charge is -2.13. The first kappa shape index (κ1) is 18.0. The van der Waals surface area contributed by atoms with Crippen molar-refractivity contribution in [3.63, 3.8) is 0 Å². The van der Waals surface area contributed by atoms with Gasteiger partial charge in [-0.3, -0.25) is 9.78 Å². The Morgan fingerprint density at radius 3 is 2.77 bits per heavy atom. The summed E-state index contributed by atoms with van der Waals surface area (Å²) in [6.07, 6.45) is 3.87. The van der Waals surface area contributed by atoms with E-state index >= 15 is 0 Å². The zero-order valence-corrected chi connectivity index (χ0v) is 14.4. The Labute approximate surface area is 152 Å². The van der Waals surface area contributed by atoms with Crippen LogP contribution in [0, 0.1) is 0 Å². The van der Waals surface area contributed by atoms with E-state index in [0.717, 1.165) is 22.6 Å². The van der Waals surface area contributed by atoms with Crippen molar-refractivity contribution in [1.82, 2.24) is 15.7 Å². The number of hydrogen-bond donors (Lipinski definition) is 3. The van der Waals surface area contributed by atoms with Crippen LogP contribution in [0.1, 0.15) is 30.1 Å². The SMILES string of the molecule is O=C1CCC(c2ccc(OCCNC[C@H](O)c3cccnc3)cc2)=NN1. The van der Waals surface area contributed by atoms with E-state index in [-0.39, 0.29) is 5.91 Å². The number of nitrogens with one attached hydrogen (secondary N) is 2. The number of hydrogen-bond acceptors (Lipinski definition) is 6. The van der Waals surface area contributed by atoms with Gasteiger partial charge in [0.05, 0.1) is 11.8 Å². The molecule has 0 radical (unpaired) electrons. The van der Waals surface area contributed by atoms with Crippen molar-refractivity contribution in [2.24, 2.45) is 5.10 Å². The maximum Gasteiger partial charge on any atom is 0.240 e. The van der Waals surface area contributed by atoms with Crippen LogP contribution in [0.15, 0.2) is 53.9 Å². The molecule has 1 aliphatic rings. The highest BCUT2D eigenvalue weighted by Gasteiger charge is 2.13. The predicted molar refractivity (Wildman–Crippen MR) is 97.9 cm³/mol. The molecule has 0 fully saturated rings. The molecule has 136 valence electrons. The van der Waals surface area contributed by atoms with Crippen molar-refractivity contribution >= 4 is 11.6 Å². The largest absolute Gasteiger partial charge is 0.492 e. The van der Waals surface area contributed by atoms with Gasteiger partial charge in [0.15, 0.2) is 0 Å². The molecule has 1 aromatic carbocycles. The van der Waals surface area contributed by atoms with Crippen molar-refractivity contribution in [3.8, 4) is 5.75 Å². The number of carbonyl (C=O) groups is 1. The average Bonchev–Trinajstić information content (AvgIpc) is 2.69. The molecule has 3 rings (SSSR count). The Morgan fingerprint density at radius 2 is 2.08 bits per heavy atom. The second-order valence-electron chi connectivity index (χ2n) is 5.97. The minimum atomic E-state index is -0.584. The summed E-state index contributed by atoms with van der Waals surface area (Å²) in [5, 5.41) is 17.3. The van der Waals surface area contributed by atoms with Gasteiger partial charge < -0.3 is 15.2 Å². The predicted octanol–water partition coefficient (Wildman–Crippen LogP) is 1.40. The minimum Gasteiger partial charge on any atom is -0.492 e. The highest BCUT2D eigenvalue weighted by atomic mass is 16.5. The van der Waals surface area contributed by atoms with E-state index in [0.29, 0.717) is 32.5 Å². The molecule has 7 nitrogen and oxygen atoms in total. The van der Waals surface area contributed by atoms with E-state index < -0.39 is 6.10 Å². The molecule has 1 amide bonds. The zero-order valence-electron chi connectivity index (χ0n) is 14.4. The molecule has 0 saturated heterocycles. The number of ether oxygens (including phenoxy) is 1. The van der Waals surface area contributed by atoms with Crippen molar-refractivity contribution in [1.29, 1.82) is 0 Å². The normalized spacial score (nSPS) is 15.1. The molecular formula is C19H22N4O3. The van der Waals surface area contributed by atoms with Crippen LogP contribution >= 0.6 is 0 Å². The molecule has 26 heavy (non-hydrogen) atoms. The third-order valence-corrected chi connectivity index (χ3v) is 4.05. The fraction of sp³-hybridized carbons (Fsp3) is 0.316. The maximum atomic E-state index is 11.1. The topological polar surface area (TPSA) is 95.8 Å². The molecule has 1 aliphatic heterocycles. The number of amides is 1. The standard InChI is InChI=1S/C19H22N4O3/c24-18(15-2-1-9-20-12-15)13-21-10-11-26-16-5-3-14(4-6-16)17-7-8-19(25)23-22-17/h1-6,9,12,18,21,24H,7-8,10-11,13H2,(H,23,25)/t18-/m0/s1. The van der Waals surface area contributed by atoms with E-state index in [1.54, 1.807) is 18.5 Å². The fourth-order valence-electron chi connectivity index (χ4n) is 2.60. The lowest BCUT2D eigenvalue weighted by Crippen LogP contribution is -2.26. The molecule has 3 N–H and O–H groups in total. The van der Waals surface area contributed by atoms with E-state index in [1.807, 2.05) is 30.3 Å². The lowest BCUT2D eigenvalue weighted by atomic mass is 10.0. The number of rotatable bonds is 8.